The minimum atomic E-state index is -0.496. The highest BCUT2D eigenvalue weighted by Crippen LogP contribution is 2.28. The van der Waals surface area contributed by atoms with Gasteiger partial charge in [0.25, 0.3) is 0 Å². The number of methoxy groups -OCH3 is 2. The Labute approximate surface area is 207 Å². The Morgan fingerprint density at radius 2 is 1.97 bits per heavy atom. The summed E-state index contributed by atoms with van der Waals surface area (Å²) in [4.78, 5) is 36.9. The summed E-state index contributed by atoms with van der Waals surface area (Å²) in [5.41, 5.74) is 0.883. The van der Waals surface area contributed by atoms with Gasteiger partial charge in [0.1, 0.15) is 17.0 Å². The van der Waals surface area contributed by atoms with Crippen LogP contribution < -0.4 is 30.7 Å². The van der Waals surface area contributed by atoms with E-state index in [-0.39, 0.29) is 42.4 Å². The topological polar surface area (TPSA) is 118 Å². The fourth-order valence-corrected chi connectivity index (χ4v) is 4.43. The molecule has 2 aromatic carbocycles. The van der Waals surface area contributed by atoms with Gasteiger partial charge < -0.3 is 25.4 Å². The van der Waals surface area contributed by atoms with Gasteiger partial charge in [-0.1, -0.05) is 23.7 Å². The molecule has 1 saturated heterocycles. The molecule has 0 aliphatic carbocycles. The highest BCUT2D eigenvalue weighted by atomic mass is 35.5. The van der Waals surface area contributed by atoms with Gasteiger partial charge >= 0.3 is 0 Å². The number of carbonyl (C=O) groups excluding carboxylic acids is 3. The van der Waals surface area contributed by atoms with Crippen molar-refractivity contribution < 1.29 is 23.9 Å². The van der Waals surface area contributed by atoms with E-state index in [9.17, 15) is 14.4 Å². The van der Waals surface area contributed by atoms with Gasteiger partial charge in [0.15, 0.2) is 0 Å². The number of thioether (sulfide) groups is 1. The van der Waals surface area contributed by atoms with E-state index in [1.807, 2.05) is 24.3 Å². The lowest BCUT2D eigenvalue weighted by atomic mass is 10.1. The molecule has 0 saturated carbocycles. The standard InChI is InChI=1S/C23H27ClN4O5S/c1-32-17-5-3-4-14(8-17)12-25-20(29)10-16-11-21(30)28-23(26-16)34-13-22(31)27-18-9-15(24)6-7-19(18)33-2/h3-9,16,23,26H,10-13H2,1-2H3,(H,25,29)(H,27,31)(H,28,30). The van der Waals surface area contributed by atoms with E-state index in [1.165, 1.54) is 18.9 Å². The third kappa shape index (κ3) is 7.82. The second-order valence-corrected chi connectivity index (χ2v) is 9.08. The molecule has 3 amide bonds. The third-order valence-corrected chi connectivity index (χ3v) is 6.23. The average Bonchev–Trinajstić information content (AvgIpc) is 2.81. The molecular weight excluding hydrogens is 480 g/mol. The second kappa shape index (κ2) is 12.5. The van der Waals surface area contributed by atoms with E-state index in [1.54, 1.807) is 25.3 Å². The van der Waals surface area contributed by atoms with Crippen molar-refractivity contribution in [3.8, 4) is 11.5 Å². The first-order valence-corrected chi connectivity index (χ1v) is 12.0. The van der Waals surface area contributed by atoms with Crippen molar-refractivity contribution in [1.29, 1.82) is 0 Å². The van der Waals surface area contributed by atoms with Gasteiger partial charge in [-0.25, -0.2) is 0 Å². The number of anilines is 1. The molecule has 2 aromatic rings. The van der Waals surface area contributed by atoms with Crippen molar-refractivity contribution >= 4 is 46.8 Å². The fraction of sp³-hybridized carbons (Fsp3) is 0.348. The number of benzene rings is 2. The lowest BCUT2D eigenvalue weighted by Gasteiger charge is -2.30. The molecule has 0 radical (unpaired) electrons. The van der Waals surface area contributed by atoms with E-state index in [4.69, 9.17) is 21.1 Å². The van der Waals surface area contributed by atoms with Crippen molar-refractivity contribution in [2.24, 2.45) is 0 Å². The zero-order valence-corrected chi connectivity index (χ0v) is 20.4. The average molecular weight is 507 g/mol. The molecule has 11 heteroatoms. The summed E-state index contributed by atoms with van der Waals surface area (Å²) in [5.74, 6) is 0.646. The maximum Gasteiger partial charge on any atom is 0.234 e. The van der Waals surface area contributed by atoms with Crippen LogP contribution in [0.25, 0.3) is 0 Å². The van der Waals surface area contributed by atoms with Gasteiger partial charge in [-0.05, 0) is 35.9 Å². The van der Waals surface area contributed by atoms with Gasteiger partial charge in [0.2, 0.25) is 17.7 Å². The summed E-state index contributed by atoms with van der Waals surface area (Å²) >= 11 is 7.21. The lowest BCUT2D eigenvalue weighted by molar-refractivity contribution is -0.125. The van der Waals surface area contributed by atoms with Gasteiger partial charge in [0, 0.05) is 30.5 Å². The predicted molar refractivity (Wildman–Crippen MR) is 132 cm³/mol. The van der Waals surface area contributed by atoms with Gasteiger partial charge in [-0.3, -0.25) is 19.7 Å². The van der Waals surface area contributed by atoms with Crippen molar-refractivity contribution in [3.05, 3.63) is 53.1 Å². The predicted octanol–water partition coefficient (Wildman–Crippen LogP) is 2.50. The quantitative estimate of drug-likeness (QED) is 0.391. The number of carbonyl (C=O) groups is 3. The minimum absolute atomic E-state index is 0.0718. The molecule has 1 fully saturated rings. The summed E-state index contributed by atoms with van der Waals surface area (Å²) in [6.07, 6.45) is 0.315. The Bertz CT molecular complexity index is 1040. The SMILES string of the molecule is COc1cccc(CNC(=O)CC2CC(=O)NC(SCC(=O)Nc3cc(Cl)ccc3OC)N2)c1. The number of amides is 3. The highest BCUT2D eigenvalue weighted by molar-refractivity contribution is 8.00. The second-order valence-electron chi connectivity index (χ2n) is 7.55. The normalized spacial score (nSPS) is 17.4. The maximum atomic E-state index is 12.4. The van der Waals surface area contributed by atoms with Crippen molar-refractivity contribution in [2.75, 3.05) is 25.3 Å². The fourth-order valence-electron chi connectivity index (χ4n) is 3.37. The molecule has 2 atom stereocenters. The van der Waals surface area contributed by atoms with Crippen LogP contribution in [0.4, 0.5) is 5.69 Å². The molecular formula is C23H27ClN4O5S. The number of ether oxygens (including phenoxy) is 2. The Balaban J connectivity index is 1.46. The first-order valence-electron chi connectivity index (χ1n) is 10.6. The van der Waals surface area contributed by atoms with Crippen LogP contribution >= 0.6 is 23.4 Å². The Morgan fingerprint density at radius 3 is 2.74 bits per heavy atom. The zero-order valence-electron chi connectivity index (χ0n) is 18.9. The van der Waals surface area contributed by atoms with Gasteiger partial charge in [0.05, 0.1) is 25.7 Å². The number of rotatable bonds is 10. The van der Waals surface area contributed by atoms with Crippen molar-refractivity contribution in [2.45, 2.75) is 30.9 Å². The largest absolute Gasteiger partial charge is 0.497 e. The summed E-state index contributed by atoms with van der Waals surface area (Å²) in [6, 6.07) is 12.0. The van der Waals surface area contributed by atoms with Crippen LogP contribution in [-0.2, 0) is 20.9 Å². The number of hydrogen-bond donors (Lipinski definition) is 4. The first kappa shape index (κ1) is 25.7. The van der Waals surface area contributed by atoms with Crippen LogP contribution in [0.1, 0.15) is 18.4 Å². The first-order chi connectivity index (χ1) is 16.4. The van der Waals surface area contributed by atoms with Crippen molar-refractivity contribution in [1.82, 2.24) is 16.0 Å². The molecule has 0 bridgehead atoms. The summed E-state index contributed by atoms with van der Waals surface area (Å²) in [5, 5.41) is 12.1. The summed E-state index contributed by atoms with van der Waals surface area (Å²) < 4.78 is 10.4. The van der Waals surface area contributed by atoms with Crippen molar-refractivity contribution in [3.63, 3.8) is 0 Å². The molecule has 9 nitrogen and oxygen atoms in total. The molecule has 3 rings (SSSR count). The molecule has 182 valence electrons. The smallest absolute Gasteiger partial charge is 0.234 e. The van der Waals surface area contributed by atoms with E-state index in [0.29, 0.717) is 23.0 Å². The van der Waals surface area contributed by atoms with E-state index >= 15 is 0 Å². The van der Waals surface area contributed by atoms with E-state index in [2.05, 4.69) is 21.3 Å². The molecule has 2 unspecified atom stereocenters. The number of nitrogens with one attached hydrogen (secondary N) is 4. The van der Waals surface area contributed by atoms with Gasteiger partial charge in [-0.2, -0.15) is 0 Å². The Hall–Kier alpha value is -2.95. The van der Waals surface area contributed by atoms with Crippen LogP contribution in [0.15, 0.2) is 42.5 Å². The number of halogens is 1. The molecule has 1 aliphatic heterocycles. The van der Waals surface area contributed by atoms with Crippen LogP contribution in [0.3, 0.4) is 0 Å². The molecule has 1 heterocycles. The third-order valence-electron chi connectivity index (χ3n) is 4.98. The highest BCUT2D eigenvalue weighted by Gasteiger charge is 2.28. The molecule has 0 spiro atoms. The lowest BCUT2D eigenvalue weighted by Crippen LogP contribution is -2.56. The number of hydrogen-bond acceptors (Lipinski definition) is 7. The van der Waals surface area contributed by atoms with E-state index in [0.717, 1.165) is 11.3 Å². The summed E-state index contributed by atoms with van der Waals surface area (Å²) in [6.45, 7) is 0.361. The summed E-state index contributed by atoms with van der Waals surface area (Å²) in [7, 11) is 3.09. The Kier molecular flexibility index (Phi) is 9.43. The molecule has 0 aromatic heterocycles. The van der Waals surface area contributed by atoms with E-state index < -0.39 is 5.50 Å². The molecule has 4 N–H and O–H groups in total. The van der Waals surface area contributed by atoms with Gasteiger partial charge in [-0.15, -0.1) is 11.8 Å². The molecule has 34 heavy (non-hydrogen) atoms. The van der Waals surface area contributed by atoms with Crippen LogP contribution in [-0.4, -0.2) is 49.2 Å². The van der Waals surface area contributed by atoms with Crippen LogP contribution in [0.2, 0.25) is 5.02 Å². The van der Waals surface area contributed by atoms with Crippen LogP contribution in [0, 0.1) is 0 Å². The zero-order chi connectivity index (χ0) is 24.5. The molecule has 1 aliphatic rings. The Morgan fingerprint density at radius 1 is 1.15 bits per heavy atom. The monoisotopic (exact) mass is 506 g/mol. The minimum Gasteiger partial charge on any atom is -0.497 e. The van der Waals surface area contributed by atoms with Crippen LogP contribution in [0.5, 0.6) is 11.5 Å². The maximum absolute atomic E-state index is 12.4.